The van der Waals surface area contributed by atoms with Crippen LogP contribution in [-0.4, -0.2) is 35.1 Å². The zero-order chi connectivity index (χ0) is 13.0. The molecule has 1 fully saturated rings. The maximum atomic E-state index is 4.50. The Labute approximate surface area is 113 Å². The Morgan fingerprint density at radius 1 is 1.17 bits per heavy atom. The van der Waals surface area contributed by atoms with Crippen LogP contribution in [0.2, 0.25) is 0 Å². The van der Waals surface area contributed by atoms with E-state index in [1.807, 2.05) is 14.0 Å². The van der Waals surface area contributed by atoms with Crippen LogP contribution in [0.4, 0.5) is 11.6 Å². The van der Waals surface area contributed by atoms with Gasteiger partial charge in [0.25, 0.3) is 0 Å². The van der Waals surface area contributed by atoms with Crippen molar-refractivity contribution in [2.24, 2.45) is 5.92 Å². The van der Waals surface area contributed by atoms with E-state index in [1.54, 1.807) is 0 Å². The maximum absolute atomic E-state index is 4.50. The Morgan fingerprint density at radius 2 is 1.83 bits per heavy atom. The number of aromatic nitrogens is 2. The van der Waals surface area contributed by atoms with Gasteiger partial charge in [-0.3, -0.25) is 0 Å². The van der Waals surface area contributed by atoms with Crippen molar-refractivity contribution in [2.45, 2.75) is 26.7 Å². The van der Waals surface area contributed by atoms with E-state index < -0.39 is 0 Å². The maximum Gasteiger partial charge on any atom is 0.134 e. The lowest BCUT2D eigenvalue weighted by molar-refractivity contribution is 0.515. The van der Waals surface area contributed by atoms with Crippen LogP contribution in [0, 0.1) is 19.8 Å². The van der Waals surface area contributed by atoms with Gasteiger partial charge in [-0.05, 0) is 44.1 Å². The molecule has 5 heteroatoms. The number of anilines is 2. The number of thioether (sulfide) groups is 1. The molecule has 2 N–H and O–H groups in total. The summed E-state index contributed by atoms with van der Waals surface area (Å²) in [4.78, 5) is 8.88. The van der Waals surface area contributed by atoms with Gasteiger partial charge in [0.15, 0.2) is 0 Å². The zero-order valence-electron chi connectivity index (χ0n) is 11.4. The Kier molecular flexibility index (Phi) is 4.69. The van der Waals surface area contributed by atoms with Crippen molar-refractivity contribution in [3.8, 4) is 0 Å². The summed E-state index contributed by atoms with van der Waals surface area (Å²) in [5, 5.41) is 6.62. The first kappa shape index (κ1) is 13.5. The molecule has 100 valence electrons. The minimum atomic E-state index is 0.791. The number of rotatable bonds is 4. The lowest BCUT2D eigenvalue weighted by Crippen LogP contribution is -2.20. The molecule has 1 aliphatic heterocycles. The quantitative estimate of drug-likeness (QED) is 0.877. The molecule has 0 bridgehead atoms. The van der Waals surface area contributed by atoms with Gasteiger partial charge in [-0.25, -0.2) is 9.97 Å². The SMILES string of the molecule is CNc1nc(C)nc(NCC2CCSCC2)c1C. The van der Waals surface area contributed by atoms with Gasteiger partial charge >= 0.3 is 0 Å². The van der Waals surface area contributed by atoms with E-state index in [4.69, 9.17) is 0 Å². The van der Waals surface area contributed by atoms with E-state index >= 15 is 0 Å². The normalized spacial score (nSPS) is 16.6. The molecule has 1 saturated heterocycles. The predicted octanol–water partition coefficient (Wildman–Crippen LogP) is 2.69. The second-order valence-corrected chi connectivity index (χ2v) is 6.00. The third kappa shape index (κ3) is 3.28. The fraction of sp³-hybridized carbons (Fsp3) is 0.692. The van der Waals surface area contributed by atoms with Gasteiger partial charge in [0.2, 0.25) is 0 Å². The summed E-state index contributed by atoms with van der Waals surface area (Å²) in [5.74, 6) is 6.10. The Hall–Kier alpha value is -0.970. The fourth-order valence-electron chi connectivity index (χ4n) is 2.24. The number of aryl methyl sites for hydroxylation is 1. The van der Waals surface area contributed by atoms with Crippen molar-refractivity contribution in [3.63, 3.8) is 0 Å². The van der Waals surface area contributed by atoms with Crippen molar-refractivity contribution >= 4 is 23.4 Å². The Bertz CT molecular complexity index is 402. The number of hydrogen-bond acceptors (Lipinski definition) is 5. The van der Waals surface area contributed by atoms with E-state index in [0.717, 1.165) is 35.5 Å². The van der Waals surface area contributed by atoms with Crippen LogP contribution in [0.15, 0.2) is 0 Å². The van der Waals surface area contributed by atoms with Gasteiger partial charge in [-0.2, -0.15) is 11.8 Å². The lowest BCUT2D eigenvalue weighted by Gasteiger charge is -2.22. The minimum absolute atomic E-state index is 0.791. The number of hydrogen-bond donors (Lipinski definition) is 2. The monoisotopic (exact) mass is 266 g/mol. The largest absolute Gasteiger partial charge is 0.373 e. The van der Waals surface area contributed by atoms with Crippen LogP contribution >= 0.6 is 11.8 Å². The first-order chi connectivity index (χ1) is 8.70. The molecule has 4 nitrogen and oxygen atoms in total. The average molecular weight is 266 g/mol. The van der Waals surface area contributed by atoms with Crippen molar-refractivity contribution in [2.75, 3.05) is 35.7 Å². The molecule has 0 atom stereocenters. The van der Waals surface area contributed by atoms with Gasteiger partial charge in [-0.1, -0.05) is 0 Å². The minimum Gasteiger partial charge on any atom is -0.373 e. The Morgan fingerprint density at radius 3 is 2.50 bits per heavy atom. The van der Waals surface area contributed by atoms with Crippen LogP contribution in [0.5, 0.6) is 0 Å². The number of nitrogens with one attached hydrogen (secondary N) is 2. The smallest absolute Gasteiger partial charge is 0.134 e. The summed E-state index contributed by atoms with van der Waals surface area (Å²) < 4.78 is 0. The fourth-order valence-corrected chi connectivity index (χ4v) is 3.44. The molecule has 0 saturated carbocycles. The van der Waals surface area contributed by atoms with E-state index in [9.17, 15) is 0 Å². The molecule has 1 aromatic heterocycles. The molecule has 0 spiro atoms. The second-order valence-electron chi connectivity index (χ2n) is 4.78. The van der Waals surface area contributed by atoms with Crippen LogP contribution in [0.3, 0.4) is 0 Å². The summed E-state index contributed by atoms with van der Waals surface area (Å²) >= 11 is 2.07. The summed E-state index contributed by atoms with van der Waals surface area (Å²) in [5.41, 5.74) is 1.10. The first-order valence-corrected chi connectivity index (χ1v) is 7.70. The van der Waals surface area contributed by atoms with Crippen LogP contribution < -0.4 is 10.6 Å². The van der Waals surface area contributed by atoms with Crippen molar-refractivity contribution in [1.29, 1.82) is 0 Å². The molecule has 2 rings (SSSR count). The molecule has 1 aromatic rings. The van der Waals surface area contributed by atoms with E-state index in [2.05, 4.69) is 39.3 Å². The predicted molar refractivity (Wildman–Crippen MR) is 79.6 cm³/mol. The molecule has 2 heterocycles. The molecular formula is C13H22N4S. The summed E-state index contributed by atoms with van der Waals surface area (Å²) in [6.45, 7) is 5.02. The molecule has 0 amide bonds. The molecule has 0 unspecified atom stereocenters. The highest BCUT2D eigenvalue weighted by molar-refractivity contribution is 7.99. The first-order valence-electron chi connectivity index (χ1n) is 6.55. The third-order valence-corrected chi connectivity index (χ3v) is 4.44. The summed E-state index contributed by atoms with van der Waals surface area (Å²) in [6.07, 6.45) is 2.64. The molecular weight excluding hydrogens is 244 g/mol. The van der Waals surface area contributed by atoms with Gasteiger partial charge in [0.05, 0.1) is 0 Å². The highest BCUT2D eigenvalue weighted by Crippen LogP contribution is 2.24. The molecule has 0 aromatic carbocycles. The van der Waals surface area contributed by atoms with Crippen LogP contribution in [0.1, 0.15) is 24.2 Å². The van der Waals surface area contributed by atoms with E-state index in [-0.39, 0.29) is 0 Å². The van der Waals surface area contributed by atoms with Crippen LogP contribution in [0.25, 0.3) is 0 Å². The molecule has 18 heavy (non-hydrogen) atoms. The van der Waals surface area contributed by atoms with E-state index in [0.29, 0.717) is 0 Å². The van der Waals surface area contributed by atoms with Gasteiger partial charge in [-0.15, -0.1) is 0 Å². The third-order valence-electron chi connectivity index (χ3n) is 3.39. The second kappa shape index (κ2) is 6.27. The lowest BCUT2D eigenvalue weighted by atomic mass is 10.0. The van der Waals surface area contributed by atoms with E-state index in [1.165, 1.54) is 24.3 Å². The van der Waals surface area contributed by atoms with Crippen LogP contribution in [-0.2, 0) is 0 Å². The molecule has 0 radical (unpaired) electrons. The van der Waals surface area contributed by atoms with Crippen molar-refractivity contribution in [1.82, 2.24) is 9.97 Å². The molecule has 1 aliphatic rings. The Balaban J connectivity index is 2.01. The zero-order valence-corrected chi connectivity index (χ0v) is 12.2. The highest BCUT2D eigenvalue weighted by atomic mass is 32.2. The van der Waals surface area contributed by atoms with Gasteiger partial charge in [0, 0.05) is 19.2 Å². The van der Waals surface area contributed by atoms with Gasteiger partial charge < -0.3 is 10.6 Å². The summed E-state index contributed by atoms with van der Waals surface area (Å²) in [7, 11) is 1.90. The van der Waals surface area contributed by atoms with Crippen molar-refractivity contribution < 1.29 is 0 Å². The standard InChI is InChI=1S/C13H22N4S/c1-9-12(14-3)16-10(2)17-13(9)15-8-11-4-6-18-7-5-11/h11H,4-8H2,1-3H3,(H2,14,15,16,17). The molecule has 0 aliphatic carbocycles. The van der Waals surface area contributed by atoms with Crippen molar-refractivity contribution in [3.05, 3.63) is 11.4 Å². The average Bonchev–Trinajstić information content (AvgIpc) is 2.40. The highest BCUT2D eigenvalue weighted by Gasteiger charge is 2.15. The summed E-state index contributed by atoms with van der Waals surface area (Å²) in [6, 6.07) is 0. The number of nitrogens with zero attached hydrogens (tertiary/aromatic N) is 2. The topological polar surface area (TPSA) is 49.8 Å². The van der Waals surface area contributed by atoms with Gasteiger partial charge in [0.1, 0.15) is 17.5 Å².